The third kappa shape index (κ3) is 3.05. The number of carbonyl (C=O) groups is 1. The number of aromatic nitrogens is 1. The van der Waals surface area contributed by atoms with Gasteiger partial charge in [-0.3, -0.25) is 4.79 Å². The molecule has 18 heavy (non-hydrogen) atoms. The molecule has 0 aromatic carbocycles. The van der Waals surface area contributed by atoms with Crippen molar-refractivity contribution in [3.8, 4) is 0 Å². The van der Waals surface area contributed by atoms with E-state index >= 15 is 0 Å². The highest BCUT2D eigenvalue weighted by atomic mass is 16.6. The highest BCUT2D eigenvalue weighted by Crippen LogP contribution is 2.14. The lowest BCUT2D eigenvalue weighted by Crippen LogP contribution is -2.41. The molecule has 0 aliphatic rings. The van der Waals surface area contributed by atoms with Crippen LogP contribution in [0.5, 0.6) is 0 Å². The van der Waals surface area contributed by atoms with Gasteiger partial charge in [-0.1, -0.05) is 0 Å². The Balaban J connectivity index is 2.81. The number of nitrogens with zero attached hydrogens (tertiary/aromatic N) is 2. The van der Waals surface area contributed by atoms with Crippen LogP contribution in [0.3, 0.4) is 0 Å². The van der Waals surface area contributed by atoms with Crippen molar-refractivity contribution in [3.05, 3.63) is 27.9 Å². The van der Waals surface area contributed by atoms with Crippen LogP contribution in [0.4, 0.5) is 5.82 Å². The van der Waals surface area contributed by atoms with Crippen molar-refractivity contribution in [2.24, 2.45) is 7.05 Å². The molecule has 1 unspecified atom stereocenters. The summed E-state index contributed by atoms with van der Waals surface area (Å²) in [7, 11) is 2.87. The van der Waals surface area contributed by atoms with Crippen molar-refractivity contribution in [3.63, 3.8) is 0 Å². The highest BCUT2D eigenvalue weighted by molar-refractivity contribution is 5.93. The first-order valence-corrected chi connectivity index (χ1v) is 5.22. The van der Waals surface area contributed by atoms with E-state index < -0.39 is 16.9 Å². The van der Waals surface area contributed by atoms with E-state index in [1.165, 1.54) is 30.9 Å². The molecule has 2 N–H and O–H groups in total. The van der Waals surface area contributed by atoms with Crippen LogP contribution in [-0.4, -0.2) is 46.9 Å². The number of aliphatic hydroxyl groups excluding tert-OH is 1. The molecule has 1 heterocycles. The van der Waals surface area contributed by atoms with Gasteiger partial charge in [0.1, 0.15) is 0 Å². The van der Waals surface area contributed by atoms with Crippen LogP contribution in [0.2, 0.25) is 0 Å². The number of methoxy groups -OCH3 is 1. The van der Waals surface area contributed by atoms with Gasteiger partial charge in [-0.2, -0.15) is 0 Å². The van der Waals surface area contributed by atoms with Crippen molar-refractivity contribution in [2.75, 3.05) is 20.3 Å². The Hall–Kier alpha value is -1.93. The van der Waals surface area contributed by atoms with Gasteiger partial charge >= 0.3 is 5.82 Å². The third-order valence-corrected chi connectivity index (χ3v) is 2.44. The Kier molecular flexibility index (Phi) is 4.81. The van der Waals surface area contributed by atoms with Gasteiger partial charge in [-0.05, 0) is 11.0 Å². The van der Waals surface area contributed by atoms with E-state index in [1.807, 2.05) is 0 Å². The zero-order valence-corrected chi connectivity index (χ0v) is 10.1. The first-order chi connectivity index (χ1) is 8.51. The van der Waals surface area contributed by atoms with Crippen LogP contribution < -0.4 is 5.32 Å². The SMILES string of the molecule is COCC(CO)NC(=O)c1ccc([N+](=O)[O-])n1C. The molecule has 1 rings (SSSR count). The molecular formula is C10H15N3O5. The third-order valence-electron chi connectivity index (χ3n) is 2.44. The number of ether oxygens (including phenoxy) is 1. The van der Waals surface area contributed by atoms with Crippen LogP contribution >= 0.6 is 0 Å². The highest BCUT2D eigenvalue weighted by Gasteiger charge is 2.22. The second-order valence-electron chi connectivity index (χ2n) is 3.70. The number of nitro groups is 1. The summed E-state index contributed by atoms with van der Waals surface area (Å²) in [4.78, 5) is 21.9. The van der Waals surface area contributed by atoms with Crippen molar-refractivity contribution < 1.29 is 19.6 Å². The number of rotatable bonds is 6. The maximum Gasteiger partial charge on any atom is 0.323 e. The summed E-state index contributed by atoms with van der Waals surface area (Å²) in [5.74, 6) is -0.672. The van der Waals surface area contributed by atoms with Crippen LogP contribution in [0.25, 0.3) is 0 Å². The topological polar surface area (TPSA) is 107 Å². The number of aliphatic hydroxyl groups is 1. The molecule has 1 aromatic heterocycles. The minimum atomic E-state index is -0.574. The molecule has 8 nitrogen and oxygen atoms in total. The summed E-state index contributed by atoms with van der Waals surface area (Å²) < 4.78 is 5.99. The predicted octanol–water partition coefficient (Wildman–Crippen LogP) is -0.330. The first-order valence-electron chi connectivity index (χ1n) is 5.22. The zero-order chi connectivity index (χ0) is 13.7. The average molecular weight is 257 g/mol. The van der Waals surface area contributed by atoms with Crippen molar-refractivity contribution in [2.45, 2.75) is 6.04 Å². The lowest BCUT2D eigenvalue weighted by molar-refractivity contribution is -0.391. The molecular weight excluding hydrogens is 242 g/mol. The van der Waals surface area contributed by atoms with E-state index in [2.05, 4.69) is 5.32 Å². The van der Waals surface area contributed by atoms with Crippen LogP contribution in [0.15, 0.2) is 12.1 Å². The van der Waals surface area contributed by atoms with Crippen LogP contribution in [0, 0.1) is 10.1 Å². The number of carbonyl (C=O) groups excluding carboxylic acids is 1. The Morgan fingerprint density at radius 2 is 2.33 bits per heavy atom. The molecule has 1 aromatic rings. The smallest absolute Gasteiger partial charge is 0.323 e. The van der Waals surface area contributed by atoms with E-state index in [-0.39, 0.29) is 24.7 Å². The maximum atomic E-state index is 11.8. The molecule has 8 heteroatoms. The monoisotopic (exact) mass is 257 g/mol. The van der Waals surface area contributed by atoms with E-state index in [4.69, 9.17) is 9.84 Å². The van der Waals surface area contributed by atoms with Gasteiger partial charge in [-0.15, -0.1) is 0 Å². The molecule has 0 radical (unpaired) electrons. The Morgan fingerprint density at radius 1 is 1.67 bits per heavy atom. The predicted molar refractivity (Wildman–Crippen MR) is 62.3 cm³/mol. The summed E-state index contributed by atoms with van der Waals surface area (Å²) in [6, 6.07) is 2.06. The molecule has 0 spiro atoms. The van der Waals surface area contributed by atoms with E-state index in [9.17, 15) is 14.9 Å². The molecule has 0 aliphatic carbocycles. The summed E-state index contributed by atoms with van der Waals surface area (Å²) in [6.07, 6.45) is 0. The molecule has 0 aliphatic heterocycles. The number of nitrogens with one attached hydrogen (secondary N) is 1. The number of amides is 1. The van der Waals surface area contributed by atoms with Gasteiger partial charge in [0, 0.05) is 13.2 Å². The summed E-state index contributed by atoms with van der Waals surface area (Å²) in [5, 5.41) is 22.2. The second-order valence-corrected chi connectivity index (χ2v) is 3.70. The summed E-state index contributed by atoms with van der Waals surface area (Å²) in [5.41, 5.74) is 0.149. The molecule has 0 saturated carbocycles. The van der Waals surface area contributed by atoms with Gasteiger partial charge in [0.25, 0.3) is 5.91 Å². The van der Waals surface area contributed by atoms with E-state index in [0.29, 0.717) is 0 Å². The number of hydrogen-bond donors (Lipinski definition) is 2. The summed E-state index contributed by atoms with van der Waals surface area (Å²) >= 11 is 0. The molecule has 0 bridgehead atoms. The minimum Gasteiger partial charge on any atom is -0.394 e. The molecule has 1 atom stereocenters. The molecule has 0 fully saturated rings. The first kappa shape index (κ1) is 14.1. The fraction of sp³-hybridized carbons (Fsp3) is 0.500. The lowest BCUT2D eigenvalue weighted by atomic mass is 10.3. The minimum absolute atomic E-state index is 0.149. The van der Waals surface area contributed by atoms with Crippen LogP contribution in [-0.2, 0) is 11.8 Å². The standard InChI is InChI=1S/C10H15N3O5/c1-12-8(3-4-9(12)13(16)17)10(15)11-7(5-14)6-18-2/h3-4,7,14H,5-6H2,1-2H3,(H,11,15). The second kappa shape index (κ2) is 6.12. The number of hydrogen-bond acceptors (Lipinski definition) is 5. The van der Waals surface area contributed by atoms with E-state index in [1.54, 1.807) is 0 Å². The normalized spacial score (nSPS) is 12.2. The zero-order valence-electron chi connectivity index (χ0n) is 10.1. The Morgan fingerprint density at radius 3 is 2.78 bits per heavy atom. The van der Waals surface area contributed by atoms with Gasteiger partial charge < -0.3 is 25.3 Å². The fourth-order valence-corrected chi connectivity index (χ4v) is 1.51. The molecule has 0 saturated heterocycles. The van der Waals surface area contributed by atoms with E-state index in [0.717, 1.165) is 0 Å². The van der Waals surface area contributed by atoms with Gasteiger partial charge in [0.2, 0.25) is 0 Å². The Bertz CT molecular complexity index is 443. The van der Waals surface area contributed by atoms with Crippen molar-refractivity contribution in [1.29, 1.82) is 0 Å². The lowest BCUT2D eigenvalue weighted by Gasteiger charge is -2.14. The van der Waals surface area contributed by atoms with Crippen molar-refractivity contribution in [1.82, 2.24) is 9.88 Å². The van der Waals surface area contributed by atoms with Gasteiger partial charge in [-0.25, -0.2) is 4.57 Å². The quantitative estimate of drug-likeness (QED) is 0.536. The largest absolute Gasteiger partial charge is 0.394 e. The molecule has 100 valence electrons. The fourth-order valence-electron chi connectivity index (χ4n) is 1.51. The maximum absolute atomic E-state index is 11.8. The average Bonchev–Trinajstić information content (AvgIpc) is 2.70. The van der Waals surface area contributed by atoms with Crippen LogP contribution in [0.1, 0.15) is 10.5 Å². The summed E-state index contributed by atoms with van der Waals surface area (Å²) in [6.45, 7) is -0.110. The van der Waals surface area contributed by atoms with Gasteiger partial charge in [0.15, 0.2) is 5.69 Å². The van der Waals surface area contributed by atoms with Gasteiger partial charge in [0.05, 0.1) is 26.3 Å². The van der Waals surface area contributed by atoms with Crippen molar-refractivity contribution >= 4 is 11.7 Å². The Labute approximate surface area is 103 Å². The molecule has 1 amide bonds.